The SMILES string of the molecule is C#Cc1cc(C#N)ncc1F. The first-order valence-corrected chi connectivity index (χ1v) is 2.80. The van der Waals surface area contributed by atoms with Crippen molar-refractivity contribution in [1.29, 1.82) is 5.26 Å². The molecule has 0 radical (unpaired) electrons. The Bertz CT molecular complexity index is 357. The average Bonchev–Trinajstić information content (AvgIpc) is 2.05. The molecule has 0 amide bonds. The summed E-state index contributed by atoms with van der Waals surface area (Å²) < 4.78 is 12.6. The monoisotopic (exact) mass is 146 g/mol. The summed E-state index contributed by atoms with van der Waals surface area (Å²) in [6, 6.07) is 2.99. The van der Waals surface area contributed by atoms with Gasteiger partial charge in [0.1, 0.15) is 11.8 Å². The molecule has 0 saturated carbocycles. The summed E-state index contributed by atoms with van der Waals surface area (Å²) in [6.07, 6.45) is 5.89. The quantitative estimate of drug-likeness (QED) is 0.513. The largest absolute Gasteiger partial charge is 0.242 e. The van der Waals surface area contributed by atoms with Gasteiger partial charge in [-0.3, -0.25) is 0 Å². The van der Waals surface area contributed by atoms with Gasteiger partial charge < -0.3 is 0 Å². The van der Waals surface area contributed by atoms with Gasteiger partial charge in [0, 0.05) is 0 Å². The molecule has 0 unspecified atom stereocenters. The highest BCUT2D eigenvalue weighted by molar-refractivity contribution is 5.36. The molecule has 1 heterocycles. The summed E-state index contributed by atoms with van der Waals surface area (Å²) in [6.45, 7) is 0. The summed E-state index contributed by atoms with van der Waals surface area (Å²) in [4.78, 5) is 3.47. The summed E-state index contributed by atoms with van der Waals surface area (Å²) in [7, 11) is 0. The second-order valence-electron chi connectivity index (χ2n) is 1.81. The second-order valence-corrected chi connectivity index (χ2v) is 1.81. The van der Waals surface area contributed by atoms with Crippen LogP contribution < -0.4 is 0 Å². The van der Waals surface area contributed by atoms with Gasteiger partial charge in [0.15, 0.2) is 5.82 Å². The fourth-order valence-corrected chi connectivity index (χ4v) is 0.610. The fourth-order valence-electron chi connectivity index (χ4n) is 0.610. The Hall–Kier alpha value is -1.87. The van der Waals surface area contributed by atoms with Crippen molar-refractivity contribution in [3.63, 3.8) is 0 Å². The Morgan fingerprint density at radius 3 is 2.91 bits per heavy atom. The Labute approximate surface area is 63.3 Å². The van der Waals surface area contributed by atoms with Crippen molar-refractivity contribution in [3.8, 4) is 18.4 Å². The Morgan fingerprint density at radius 1 is 1.64 bits per heavy atom. The van der Waals surface area contributed by atoms with Gasteiger partial charge in [0.25, 0.3) is 0 Å². The number of terminal acetylenes is 1. The van der Waals surface area contributed by atoms with E-state index in [2.05, 4.69) is 10.9 Å². The molecular formula is C8H3FN2. The molecule has 0 bridgehead atoms. The lowest BCUT2D eigenvalue weighted by Gasteiger charge is -1.92. The number of nitrogens with zero attached hydrogens (tertiary/aromatic N) is 2. The average molecular weight is 146 g/mol. The minimum absolute atomic E-state index is 0.0663. The smallest absolute Gasteiger partial charge is 0.157 e. The molecule has 0 aliphatic rings. The second kappa shape index (κ2) is 2.81. The number of rotatable bonds is 0. The zero-order chi connectivity index (χ0) is 8.27. The number of aromatic nitrogens is 1. The van der Waals surface area contributed by atoms with Crippen LogP contribution in [0.1, 0.15) is 11.3 Å². The zero-order valence-electron chi connectivity index (χ0n) is 5.50. The molecule has 0 aliphatic carbocycles. The van der Waals surface area contributed by atoms with Crippen LogP contribution in [0.3, 0.4) is 0 Å². The van der Waals surface area contributed by atoms with Gasteiger partial charge in [-0.05, 0) is 6.07 Å². The molecule has 1 rings (SSSR count). The van der Waals surface area contributed by atoms with Crippen LogP contribution in [0.4, 0.5) is 4.39 Å². The van der Waals surface area contributed by atoms with Crippen molar-refractivity contribution < 1.29 is 4.39 Å². The Balaban J connectivity index is 3.29. The number of halogens is 1. The minimum Gasteiger partial charge on any atom is -0.242 e. The van der Waals surface area contributed by atoms with Crippen molar-refractivity contribution in [2.75, 3.05) is 0 Å². The van der Waals surface area contributed by atoms with E-state index in [1.165, 1.54) is 6.07 Å². The van der Waals surface area contributed by atoms with E-state index in [9.17, 15) is 4.39 Å². The third kappa shape index (κ3) is 1.33. The third-order valence-electron chi connectivity index (χ3n) is 1.13. The van der Waals surface area contributed by atoms with E-state index >= 15 is 0 Å². The molecule has 3 heteroatoms. The molecular weight excluding hydrogens is 143 g/mol. The molecule has 0 atom stereocenters. The van der Waals surface area contributed by atoms with Gasteiger partial charge in [0.05, 0.1) is 11.8 Å². The van der Waals surface area contributed by atoms with Crippen LogP contribution >= 0.6 is 0 Å². The molecule has 0 fully saturated rings. The van der Waals surface area contributed by atoms with E-state index in [0.717, 1.165) is 6.20 Å². The third-order valence-corrected chi connectivity index (χ3v) is 1.13. The molecule has 1 aromatic rings. The maximum Gasteiger partial charge on any atom is 0.157 e. The van der Waals surface area contributed by atoms with E-state index in [-0.39, 0.29) is 11.3 Å². The van der Waals surface area contributed by atoms with Gasteiger partial charge in [-0.15, -0.1) is 6.42 Å². The maximum atomic E-state index is 12.6. The highest BCUT2D eigenvalue weighted by Crippen LogP contribution is 2.04. The van der Waals surface area contributed by atoms with Crippen LogP contribution in [-0.4, -0.2) is 4.98 Å². The zero-order valence-corrected chi connectivity index (χ0v) is 5.50. The summed E-state index contributed by atoms with van der Waals surface area (Å²) in [5.74, 6) is 1.53. The predicted octanol–water partition coefficient (Wildman–Crippen LogP) is 1.07. The van der Waals surface area contributed by atoms with Crippen molar-refractivity contribution in [2.24, 2.45) is 0 Å². The minimum atomic E-state index is -0.577. The van der Waals surface area contributed by atoms with E-state index in [4.69, 9.17) is 11.7 Å². The predicted molar refractivity (Wildman–Crippen MR) is 36.8 cm³/mol. The molecule has 0 spiro atoms. The van der Waals surface area contributed by atoms with Crippen LogP contribution in [0.15, 0.2) is 12.3 Å². The summed E-state index contributed by atoms with van der Waals surface area (Å²) >= 11 is 0. The van der Waals surface area contributed by atoms with Gasteiger partial charge in [-0.1, -0.05) is 5.92 Å². The molecule has 0 aliphatic heterocycles. The first kappa shape index (κ1) is 7.24. The van der Waals surface area contributed by atoms with E-state index in [0.29, 0.717) is 0 Å². The van der Waals surface area contributed by atoms with Crippen molar-refractivity contribution in [3.05, 3.63) is 29.3 Å². The fraction of sp³-hybridized carbons (Fsp3) is 0. The van der Waals surface area contributed by atoms with Gasteiger partial charge in [-0.2, -0.15) is 5.26 Å². The lowest BCUT2D eigenvalue weighted by Crippen LogP contribution is -1.88. The number of pyridine rings is 1. The topological polar surface area (TPSA) is 36.7 Å². The highest BCUT2D eigenvalue weighted by Gasteiger charge is 2.00. The van der Waals surface area contributed by atoms with Gasteiger partial charge >= 0.3 is 0 Å². The molecule has 0 N–H and O–H groups in total. The maximum absolute atomic E-state index is 12.6. The Kier molecular flexibility index (Phi) is 1.85. The van der Waals surface area contributed by atoms with E-state index in [1.54, 1.807) is 6.07 Å². The number of nitriles is 1. The molecule has 1 aromatic heterocycles. The van der Waals surface area contributed by atoms with Crippen LogP contribution in [-0.2, 0) is 0 Å². The van der Waals surface area contributed by atoms with Crippen molar-refractivity contribution in [1.82, 2.24) is 4.98 Å². The van der Waals surface area contributed by atoms with Crippen LogP contribution in [0.2, 0.25) is 0 Å². The summed E-state index contributed by atoms with van der Waals surface area (Å²) in [5.41, 5.74) is 0.191. The first-order valence-electron chi connectivity index (χ1n) is 2.80. The molecule has 0 saturated heterocycles. The van der Waals surface area contributed by atoms with Crippen molar-refractivity contribution >= 4 is 0 Å². The van der Waals surface area contributed by atoms with Crippen LogP contribution in [0.5, 0.6) is 0 Å². The molecule has 52 valence electrons. The lowest BCUT2D eigenvalue weighted by atomic mass is 10.2. The standard InChI is InChI=1S/C8H3FN2/c1-2-6-3-7(4-10)11-5-8(6)9/h1,3,5H. The molecule has 11 heavy (non-hydrogen) atoms. The summed E-state index contributed by atoms with van der Waals surface area (Å²) in [5, 5.41) is 8.34. The normalized spacial score (nSPS) is 8.27. The molecule has 2 nitrogen and oxygen atoms in total. The number of hydrogen-bond acceptors (Lipinski definition) is 2. The van der Waals surface area contributed by atoms with Crippen LogP contribution in [0, 0.1) is 29.5 Å². The lowest BCUT2D eigenvalue weighted by molar-refractivity contribution is 0.617. The van der Waals surface area contributed by atoms with Crippen molar-refractivity contribution in [2.45, 2.75) is 0 Å². The van der Waals surface area contributed by atoms with Gasteiger partial charge in [-0.25, -0.2) is 9.37 Å². The first-order chi connectivity index (χ1) is 5.27. The van der Waals surface area contributed by atoms with Crippen LogP contribution in [0.25, 0.3) is 0 Å². The number of hydrogen-bond donors (Lipinski definition) is 0. The molecule has 0 aromatic carbocycles. The van der Waals surface area contributed by atoms with E-state index in [1.807, 2.05) is 0 Å². The van der Waals surface area contributed by atoms with Gasteiger partial charge in [0.2, 0.25) is 0 Å². The van der Waals surface area contributed by atoms with E-state index < -0.39 is 5.82 Å². The Morgan fingerprint density at radius 2 is 2.36 bits per heavy atom. The highest BCUT2D eigenvalue weighted by atomic mass is 19.1.